The van der Waals surface area contributed by atoms with Crippen LogP contribution in [0.3, 0.4) is 0 Å². The van der Waals surface area contributed by atoms with Gasteiger partial charge in [-0.3, -0.25) is 0 Å². The number of nitrogens with zero attached hydrogens (tertiary/aromatic N) is 6. The quantitative estimate of drug-likeness (QED) is 0.0402. The molecule has 312 valence electrons. The lowest BCUT2D eigenvalue weighted by atomic mass is 9.89. The zero-order chi connectivity index (χ0) is 41.4. The van der Waals surface area contributed by atoms with Crippen LogP contribution < -0.4 is 0 Å². The van der Waals surface area contributed by atoms with Crippen molar-refractivity contribution < 1.29 is 15.3 Å². The Hall–Kier alpha value is -4.18. The van der Waals surface area contributed by atoms with Crippen LogP contribution in [0, 0.1) is 0 Å². The van der Waals surface area contributed by atoms with Crippen LogP contribution in [0.15, 0.2) is 96.4 Å². The second-order valence-corrected chi connectivity index (χ2v) is 16.4. The third kappa shape index (κ3) is 14.9. The van der Waals surface area contributed by atoms with Crippen LogP contribution in [0.1, 0.15) is 189 Å². The number of rotatable bonds is 27. The Bertz CT molecular complexity index is 1680. The number of hydrogen-bond donors (Lipinski definition) is 3. The number of benzene rings is 3. The molecule has 0 saturated heterocycles. The van der Waals surface area contributed by atoms with Crippen LogP contribution in [0.2, 0.25) is 0 Å². The highest BCUT2D eigenvalue weighted by Crippen LogP contribution is 2.37. The van der Waals surface area contributed by atoms with Crippen molar-refractivity contribution in [3.63, 3.8) is 0 Å². The molecule has 10 heteroatoms. The molecular weight excluding hydrogens is 725 g/mol. The highest BCUT2D eigenvalue weighted by Gasteiger charge is 2.18. The van der Waals surface area contributed by atoms with Gasteiger partial charge in [0.1, 0.15) is 17.2 Å². The minimum atomic E-state index is 0.173. The third-order valence-electron chi connectivity index (χ3n) is 11.3. The van der Waals surface area contributed by atoms with Crippen LogP contribution in [0.25, 0.3) is 0 Å². The maximum absolute atomic E-state index is 11.3. The van der Waals surface area contributed by atoms with Gasteiger partial charge in [0.2, 0.25) is 5.82 Å². The van der Waals surface area contributed by atoms with Crippen LogP contribution in [-0.4, -0.2) is 25.6 Å². The van der Waals surface area contributed by atoms with Crippen LogP contribution in [0.4, 0.5) is 0 Å². The fourth-order valence-electron chi connectivity index (χ4n) is 7.65. The number of para-hydroxylation sites is 3. The molecule has 9 nitrogen and oxygen atoms in total. The number of aromatic hydroxyl groups is 3. The molecule has 0 spiro atoms. The Kier molecular flexibility index (Phi) is 22.1. The van der Waals surface area contributed by atoms with Gasteiger partial charge in [-0.1, -0.05) is 154 Å². The Morgan fingerprint density at radius 1 is 0.474 bits per heavy atom. The van der Waals surface area contributed by atoms with Crippen molar-refractivity contribution in [3.05, 3.63) is 99.1 Å². The van der Waals surface area contributed by atoms with Gasteiger partial charge in [-0.25, -0.2) is 0 Å². The lowest BCUT2D eigenvalue weighted by Crippen LogP contribution is -2.00. The maximum atomic E-state index is 11.3. The average molecular weight is 797 g/mol. The lowest BCUT2D eigenvalue weighted by molar-refractivity contribution is 0.444. The first kappa shape index (κ1) is 47.2. The predicted molar refractivity (Wildman–Crippen MR) is 238 cm³/mol. The normalized spacial score (nSPS) is 13.6. The SMILES string of the molecule is CCCCCC(CC)c1cccc(C/N=N\C([SiH3])=C(/N=N\Cc2cccc(C(CC)CCCCC)c2O)/N=N\Cc2cccc(C(CC)CCCCC)c2O)c1O. The molecule has 0 aromatic heterocycles. The summed E-state index contributed by atoms with van der Waals surface area (Å²) in [6.45, 7) is 13.7. The molecule has 3 unspecified atom stereocenters. The number of phenols is 3. The van der Waals surface area contributed by atoms with Gasteiger partial charge in [-0.05, 0) is 73.0 Å². The van der Waals surface area contributed by atoms with Gasteiger partial charge in [-0.2, -0.15) is 20.5 Å². The average Bonchev–Trinajstić information content (AvgIpc) is 3.21. The summed E-state index contributed by atoms with van der Waals surface area (Å²) in [6, 6.07) is 17.7. The Balaban J connectivity index is 1.91. The van der Waals surface area contributed by atoms with Crippen molar-refractivity contribution in [1.29, 1.82) is 0 Å². The van der Waals surface area contributed by atoms with Gasteiger partial charge in [0.05, 0.1) is 35.2 Å². The zero-order valence-corrected chi connectivity index (χ0v) is 38.2. The number of hydrogen-bond acceptors (Lipinski definition) is 9. The molecule has 3 N–H and O–H groups in total. The van der Waals surface area contributed by atoms with Crippen molar-refractivity contribution in [1.82, 2.24) is 0 Å². The summed E-state index contributed by atoms with van der Waals surface area (Å²) >= 11 is 0. The van der Waals surface area contributed by atoms with Gasteiger partial charge in [0.15, 0.2) is 0 Å². The molecule has 0 saturated carbocycles. The molecule has 0 heterocycles. The van der Waals surface area contributed by atoms with E-state index in [9.17, 15) is 15.3 Å². The van der Waals surface area contributed by atoms with Gasteiger partial charge in [0, 0.05) is 16.7 Å². The molecule has 0 bridgehead atoms. The summed E-state index contributed by atoms with van der Waals surface area (Å²) in [5, 5.41) is 61.4. The monoisotopic (exact) mass is 797 g/mol. The molecule has 3 aromatic carbocycles. The van der Waals surface area contributed by atoms with E-state index in [0.29, 0.717) is 50.2 Å². The Morgan fingerprint density at radius 3 is 1.09 bits per heavy atom. The topological polar surface area (TPSA) is 135 Å². The van der Waals surface area contributed by atoms with E-state index in [2.05, 4.69) is 72.2 Å². The third-order valence-corrected chi connectivity index (χ3v) is 12.0. The van der Waals surface area contributed by atoms with Crippen LogP contribution in [0.5, 0.6) is 17.2 Å². The molecule has 3 rings (SSSR count). The predicted octanol–water partition coefficient (Wildman–Crippen LogP) is 13.8. The molecule has 3 atom stereocenters. The minimum absolute atomic E-state index is 0.173. The van der Waals surface area contributed by atoms with Crippen LogP contribution in [-0.2, 0) is 19.6 Å². The van der Waals surface area contributed by atoms with E-state index in [0.717, 1.165) is 92.9 Å². The molecule has 0 radical (unpaired) electrons. The number of phenolic OH excluding ortho intramolecular Hbond substituents is 3. The van der Waals surface area contributed by atoms with Crippen molar-refractivity contribution in [3.8, 4) is 17.2 Å². The van der Waals surface area contributed by atoms with Gasteiger partial charge >= 0.3 is 0 Å². The van der Waals surface area contributed by atoms with Crippen molar-refractivity contribution in [2.24, 2.45) is 30.7 Å². The first-order valence-electron chi connectivity index (χ1n) is 22.0. The molecule has 57 heavy (non-hydrogen) atoms. The van der Waals surface area contributed by atoms with E-state index in [4.69, 9.17) is 0 Å². The Labute approximate surface area is 346 Å². The van der Waals surface area contributed by atoms with E-state index in [1.165, 1.54) is 25.7 Å². The standard InChI is InChI=1S/C47H72N6O3Si/c1-7-13-16-22-34(10-4)40-28-19-25-37(43(40)54)31-48-51-46(52-49-32-38-26-20-29-41(44(38)55)35(11-5)23-17-14-8-2)47(57)53-50-33-39-27-21-30-42(45(39)56)36(12-6)24-18-15-9-3/h19-21,25-30,34-36,54-56H,7-18,22-24,31-33H2,1-6,57H3/b47-46?,51-48-,52-49-,53-50-. The summed E-state index contributed by atoms with van der Waals surface area (Å²) < 4.78 is 0. The lowest BCUT2D eigenvalue weighted by Gasteiger charge is -2.18. The molecule has 0 aliphatic heterocycles. The van der Waals surface area contributed by atoms with E-state index in [1.807, 2.05) is 54.6 Å². The molecule has 0 aliphatic rings. The van der Waals surface area contributed by atoms with E-state index < -0.39 is 0 Å². The molecule has 0 aliphatic carbocycles. The second kappa shape index (κ2) is 26.7. The van der Waals surface area contributed by atoms with Gasteiger partial charge in [-0.15, -0.1) is 10.2 Å². The van der Waals surface area contributed by atoms with E-state index in [1.54, 1.807) is 0 Å². The van der Waals surface area contributed by atoms with Crippen molar-refractivity contribution in [2.75, 3.05) is 0 Å². The van der Waals surface area contributed by atoms with Crippen LogP contribution >= 0.6 is 0 Å². The molecule has 0 amide bonds. The summed E-state index contributed by atoms with van der Waals surface area (Å²) in [7, 11) is 0.459. The fourth-order valence-corrected chi connectivity index (χ4v) is 7.99. The first-order chi connectivity index (χ1) is 27.7. The van der Waals surface area contributed by atoms with E-state index >= 15 is 0 Å². The summed E-state index contributed by atoms with van der Waals surface area (Å²) in [5.74, 6) is 2.00. The minimum Gasteiger partial charge on any atom is -0.507 e. The molecule has 0 fully saturated rings. The second-order valence-electron chi connectivity index (χ2n) is 15.5. The maximum Gasteiger partial charge on any atom is 0.213 e. The first-order valence-corrected chi connectivity index (χ1v) is 23.0. The number of unbranched alkanes of at least 4 members (excludes halogenated alkanes) is 6. The fraction of sp³-hybridized carbons (Fsp3) is 0.574. The summed E-state index contributed by atoms with van der Waals surface area (Å²) in [4.78, 5) is 0. The van der Waals surface area contributed by atoms with E-state index in [-0.39, 0.29) is 37.0 Å². The number of azo groups is 3. The molecular formula is C47H72N6O3Si. The summed E-state index contributed by atoms with van der Waals surface area (Å²) in [6.07, 6.45) is 16.5. The highest BCUT2D eigenvalue weighted by atomic mass is 28.1. The largest absolute Gasteiger partial charge is 0.507 e. The van der Waals surface area contributed by atoms with Crippen molar-refractivity contribution >= 4 is 10.2 Å². The zero-order valence-electron chi connectivity index (χ0n) is 36.2. The Morgan fingerprint density at radius 2 is 0.789 bits per heavy atom. The smallest absolute Gasteiger partial charge is 0.213 e. The van der Waals surface area contributed by atoms with Gasteiger partial charge < -0.3 is 15.3 Å². The van der Waals surface area contributed by atoms with Crippen molar-refractivity contribution in [2.45, 2.75) is 175 Å². The highest BCUT2D eigenvalue weighted by molar-refractivity contribution is 6.21. The summed E-state index contributed by atoms with van der Waals surface area (Å²) in [5.41, 5.74) is 5.05. The van der Waals surface area contributed by atoms with Gasteiger partial charge in [0.25, 0.3) is 0 Å². The molecule has 3 aromatic rings.